The van der Waals surface area contributed by atoms with E-state index in [-0.39, 0.29) is 5.78 Å². The number of hydrogen-bond donors (Lipinski definition) is 0. The summed E-state index contributed by atoms with van der Waals surface area (Å²) in [6.45, 7) is 4.29. The second kappa shape index (κ2) is 5.50. The monoisotopic (exact) mass is 240 g/mol. The third kappa shape index (κ3) is 2.98. The minimum atomic E-state index is 0.137. The van der Waals surface area contributed by atoms with Gasteiger partial charge in [-0.25, -0.2) is 0 Å². The highest BCUT2D eigenvalue weighted by atomic mass is 16.5. The molecule has 0 aliphatic carbocycles. The molecule has 0 radical (unpaired) electrons. The van der Waals surface area contributed by atoms with Gasteiger partial charge in [0.05, 0.1) is 0 Å². The first-order valence-electron chi connectivity index (χ1n) is 5.95. The van der Waals surface area contributed by atoms with Crippen molar-refractivity contribution in [2.45, 2.75) is 20.5 Å². The molecule has 0 saturated heterocycles. The van der Waals surface area contributed by atoms with Crippen LogP contribution in [0.4, 0.5) is 0 Å². The number of benzene rings is 2. The topological polar surface area (TPSA) is 26.3 Å². The maximum absolute atomic E-state index is 10.9. The zero-order valence-electron chi connectivity index (χ0n) is 10.6. The smallest absolute Gasteiger partial charge is 0.160 e. The maximum atomic E-state index is 10.9. The van der Waals surface area contributed by atoms with Gasteiger partial charge in [-0.2, -0.15) is 0 Å². The number of ketones is 1. The molecule has 0 fully saturated rings. The summed E-state index contributed by atoms with van der Waals surface area (Å²) in [6, 6.07) is 15.7. The highest BCUT2D eigenvalue weighted by Crippen LogP contribution is 2.19. The summed E-state index contributed by atoms with van der Waals surface area (Å²) in [7, 11) is 0. The van der Waals surface area contributed by atoms with E-state index >= 15 is 0 Å². The molecule has 2 aliphatic heterocycles. The van der Waals surface area contributed by atoms with E-state index in [1.165, 1.54) is 5.56 Å². The predicted molar refractivity (Wildman–Crippen MR) is 72.0 cm³/mol. The molecule has 92 valence electrons. The van der Waals surface area contributed by atoms with Crippen molar-refractivity contribution in [1.82, 2.24) is 0 Å². The first-order valence-corrected chi connectivity index (χ1v) is 5.95. The molecule has 2 bridgehead atoms. The molecule has 0 unspecified atom stereocenters. The van der Waals surface area contributed by atoms with Crippen LogP contribution in [0.25, 0.3) is 0 Å². The van der Waals surface area contributed by atoms with Gasteiger partial charge in [-0.1, -0.05) is 36.4 Å². The number of carbonyl (C=O) groups is 1. The normalized spacial score (nSPS) is 11.2. The van der Waals surface area contributed by atoms with Crippen LogP contribution in [-0.2, 0) is 6.61 Å². The number of carbonyl (C=O) groups excluding carboxylic acids is 1. The molecular formula is C16H16O2. The first-order chi connectivity index (χ1) is 8.66. The Kier molecular flexibility index (Phi) is 3.78. The number of fused-ring (bicyclic) bond motifs is 3. The fourth-order valence-electron chi connectivity index (χ4n) is 1.82. The van der Waals surface area contributed by atoms with E-state index < -0.39 is 0 Å². The minimum Gasteiger partial charge on any atom is -0.489 e. The van der Waals surface area contributed by atoms with Gasteiger partial charge in [0.1, 0.15) is 12.4 Å². The number of rotatable bonds is 1. The van der Waals surface area contributed by atoms with Gasteiger partial charge >= 0.3 is 0 Å². The molecule has 2 aromatic carbocycles. The van der Waals surface area contributed by atoms with E-state index in [0.717, 1.165) is 23.5 Å². The maximum Gasteiger partial charge on any atom is 0.160 e. The number of ether oxygens (including phenoxy) is 1. The van der Waals surface area contributed by atoms with Crippen molar-refractivity contribution in [3.05, 3.63) is 65.2 Å². The first kappa shape index (κ1) is 12.4. The molecule has 0 N–H and O–H groups in total. The molecule has 18 heavy (non-hydrogen) atoms. The van der Waals surface area contributed by atoms with Gasteiger partial charge in [0, 0.05) is 5.56 Å². The van der Waals surface area contributed by atoms with Crippen LogP contribution < -0.4 is 4.74 Å². The van der Waals surface area contributed by atoms with Crippen LogP contribution in [0.2, 0.25) is 0 Å². The Hall–Kier alpha value is -2.09. The van der Waals surface area contributed by atoms with Gasteiger partial charge in [-0.05, 0) is 37.1 Å². The second-order valence-corrected chi connectivity index (χ2v) is 4.30. The molecule has 0 amide bonds. The van der Waals surface area contributed by atoms with E-state index in [2.05, 4.69) is 12.1 Å². The van der Waals surface area contributed by atoms with E-state index in [1.807, 2.05) is 43.3 Å². The summed E-state index contributed by atoms with van der Waals surface area (Å²) in [6.07, 6.45) is 0. The Morgan fingerprint density at radius 1 is 1.06 bits per heavy atom. The van der Waals surface area contributed by atoms with Crippen LogP contribution in [-0.4, -0.2) is 5.78 Å². The fourth-order valence-corrected chi connectivity index (χ4v) is 1.82. The number of aryl methyl sites for hydroxylation is 1. The molecule has 4 rings (SSSR count). The molecule has 2 heterocycles. The summed E-state index contributed by atoms with van der Waals surface area (Å²) in [5, 5.41) is 0. The zero-order valence-corrected chi connectivity index (χ0v) is 10.6. The average Bonchev–Trinajstić information content (AvgIpc) is 2.42. The molecule has 2 heteroatoms. The van der Waals surface area contributed by atoms with Crippen molar-refractivity contribution in [3.8, 4) is 5.75 Å². The summed E-state index contributed by atoms with van der Waals surface area (Å²) >= 11 is 0. The van der Waals surface area contributed by atoms with Crippen LogP contribution in [0.1, 0.15) is 28.4 Å². The summed E-state index contributed by atoms with van der Waals surface area (Å²) in [5.41, 5.74) is 3.14. The fraction of sp³-hybridized carbons (Fsp3) is 0.188. The van der Waals surface area contributed by atoms with Crippen LogP contribution in [0.3, 0.4) is 0 Å². The Balaban J connectivity index is 0.000000136. The Morgan fingerprint density at radius 2 is 1.72 bits per heavy atom. The Labute approximate surface area is 107 Å². The van der Waals surface area contributed by atoms with Crippen molar-refractivity contribution in [2.75, 3.05) is 0 Å². The summed E-state index contributed by atoms with van der Waals surface area (Å²) in [5.74, 6) is 1.12. The third-order valence-electron chi connectivity index (χ3n) is 2.85. The van der Waals surface area contributed by atoms with Gasteiger partial charge in [0.2, 0.25) is 0 Å². The van der Waals surface area contributed by atoms with Crippen molar-refractivity contribution in [3.63, 3.8) is 0 Å². The van der Waals surface area contributed by atoms with E-state index in [4.69, 9.17) is 4.74 Å². The van der Waals surface area contributed by atoms with Crippen molar-refractivity contribution >= 4 is 5.78 Å². The lowest BCUT2D eigenvalue weighted by molar-refractivity contribution is 0.101. The van der Waals surface area contributed by atoms with Crippen LogP contribution in [0.15, 0.2) is 48.5 Å². The molecular weight excluding hydrogens is 224 g/mol. The number of Topliss-reactive ketones (excluding diaryl/α,β-unsaturated/α-hetero) is 1. The van der Waals surface area contributed by atoms with Crippen LogP contribution >= 0.6 is 0 Å². The van der Waals surface area contributed by atoms with Crippen molar-refractivity contribution in [2.24, 2.45) is 0 Å². The zero-order chi connectivity index (χ0) is 13.0. The van der Waals surface area contributed by atoms with Crippen molar-refractivity contribution in [1.29, 1.82) is 0 Å². The second-order valence-electron chi connectivity index (χ2n) is 4.30. The van der Waals surface area contributed by atoms with Crippen molar-refractivity contribution < 1.29 is 9.53 Å². The lowest BCUT2D eigenvalue weighted by atomic mass is 10.1. The van der Waals surface area contributed by atoms with Gasteiger partial charge in [0.25, 0.3) is 0 Å². The molecule has 0 aromatic heterocycles. The van der Waals surface area contributed by atoms with Gasteiger partial charge in [0.15, 0.2) is 5.78 Å². The lowest BCUT2D eigenvalue weighted by Gasteiger charge is -2.11. The molecule has 2 aromatic rings. The predicted octanol–water partition coefficient (Wildman–Crippen LogP) is 3.78. The molecule has 2 aliphatic rings. The lowest BCUT2D eigenvalue weighted by Crippen LogP contribution is -2.00. The minimum absolute atomic E-state index is 0.137. The standard InChI is InChI=1S/C9H10O.C7H6O/c1-7-5-3-4-6-9(7)8(2)10;1-3-7-4-2-6(1)5-8-7/h3-6H,1-2H3;1-4H,5H2. The molecule has 0 atom stereocenters. The van der Waals surface area contributed by atoms with Gasteiger partial charge < -0.3 is 4.74 Å². The van der Waals surface area contributed by atoms with E-state index in [9.17, 15) is 4.79 Å². The molecule has 2 nitrogen and oxygen atoms in total. The molecule has 0 spiro atoms. The third-order valence-corrected chi connectivity index (χ3v) is 2.85. The SMILES string of the molecule is CC(=O)c1ccccc1C.c1cc2ccc1CO2. The van der Waals surface area contributed by atoms with E-state index in [0.29, 0.717) is 0 Å². The Bertz CT molecular complexity index is 518. The van der Waals surface area contributed by atoms with Crippen LogP contribution in [0, 0.1) is 6.92 Å². The summed E-state index contributed by atoms with van der Waals surface area (Å²) in [4.78, 5) is 10.9. The quantitative estimate of drug-likeness (QED) is 0.709. The summed E-state index contributed by atoms with van der Waals surface area (Å²) < 4.78 is 5.18. The highest BCUT2D eigenvalue weighted by Gasteiger charge is 2.01. The van der Waals surface area contributed by atoms with E-state index in [1.54, 1.807) is 6.92 Å². The largest absolute Gasteiger partial charge is 0.489 e. The molecule has 0 saturated carbocycles. The highest BCUT2D eigenvalue weighted by molar-refractivity contribution is 5.95. The number of hydrogen-bond acceptors (Lipinski definition) is 2. The van der Waals surface area contributed by atoms with Gasteiger partial charge in [-0.15, -0.1) is 0 Å². The van der Waals surface area contributed by atoms with Crippen LogP contribution in [0.5, 0.6) is 5.75 Å². The average molecular weight is 240 g/mol. The van der Waals surface area contributed by atoms with Gasteiger partial charge in [-0.3, -0.25) is 4.79 Å². The Morgan fingerprint density at radius 3 is 2.00 bits per heavy atom.